The minimum absolute atomic E-state index is 0.438. The molecule has 0 saturated carbocycles. The van der Waals surface area contributed by atoms with Crippen LogP contribution in [0.25, 0.3) is 0 Å². The Hall–Kier alpha value is -1.35. The predicted octanol–water partition coefficient (Wildman–Crippen LogP) is 2.70. The third kappa shape index (κ3) is 10.7. The van der Waals surface area contributed by atoms with E-state index in [1.165, 1.54) is 12.2 Å². The molecule has 16 heavy (non-hydrogen) atoms. The van der Waals surface area contributed by atoms with Crippen molar-refractivity contribution in [1.29, 1.82) is 0 Å². The molecule has 1 rings (SSSR count). The topological polar surface area (TPSA) is 53.1 Å². The van der Waals surface area contributed by atoms with Gasteiger partial charge < -0.3 is 10.1 Å². The van der Waals surface area contributed by atoms with Gasteiger partial charge in [0.25, 0.3) is 0 Å². The lowest BCUT2D eigenvalue weighted by atomic mass is 10.1. The fourth-order valence-corrected chi connectivity index (χ4v) is 1.15. The molecule has 0 amide bonds. The first-order valence-corrected chi connectivity index (χ1v) is 5.69. The Morgan fingerprint density at radius 2 is 2.00 bits per heavy atom. The molecule has 1 aromatic heterocycles. The quantitative estimate of drug-likeness (QED) is 0.442. The maximum atomic E-state index is 9.84. The molecule has 1 aromatic rings. The second-order valence-corrected chi connectivity index (χ2v) is 3.47. The Morgan fingerprint density at radius 1 is 1.31 bits per heavy atom. The van der Waals surface area contributed by atoms with Gasteiger partial charge in [0, 0.05) is 12.4 Å². The number of aliphatic hydroxyl groups is 1. The fraction of sp³-hybridized carbons (Fsp3) is 0.462. The molecule has 3 nitrogen and oxygen atoms in total. The molecule has 90 valence electrons. The number of unbranched alkanes of at least 4 members (excludes halogenated alkanes) is 2. The van der Waals surface area contributed by atoms with E-state index in [0.717, 1.165) is 25.7 Å². The normalized spacial score (nSPS) is 11.9. The molecule has 1 unspecified atom stereocenters. The van der Waals surface area contributed by atoms with Crippen molar-refractivity contribution in [2.75, 3.05) is 0 Å². The maximum absolute atomic E-state index is 9.84. The molecule has 0 fully saturated rings. The lowest BCUT2D eigenvalue weighted by molar-refractivity contribution is -0.104. The van der Waals surface area contributed by atoms with Gasteiger partial charge in [-0.05, 0) is 24.6 Å². The molecular weight excluding hydrogens is 202 g/mol. The highest BCUT2D eigenvalue weighted by Gasteiger charge is 1.96. The first-order valence-electron chi connectivity index (χ1n) is 5.69. The molecule has 0 aliphatic carbocycles. The van der Waals surface area contributed by atoms with E-state index in [1.807, 2.05) is 24.5 Å². The number of aromatic nitrogens is 1. The number of carbonyl (C=O) groups excluding carboxylic acids is 1. The lowest BCUT2D eigenvalue weighted by Gasteiger charge is -2.02. The van der Waals surface area contributed by atoms with Gasteiger partial charge in [0.05, 0.1) is 6.10 Å². The van der Waals surface area contributed by atoms with Crippen LogP contribution in [0, 0.1) is 0 Å². The number of carbonyl (C=O) groups is 1. The number of rotatable bonds is 6. The van der Waals surface area contributed by atoms with Crippen molar-refractivity contribution < 1.29 is 9.90 Å². The zero-order valence-electron chi connectivity index (χ0n) is 9.80. The SMILES string of the molecule is CCCCCC(O)C=CC=O.c1cc[nH]c1. The lowest BCUT2D eigenvalue weighted by Crippen LogP contribution is -2.01. The van der Waals surface area contributed by atoms with Crippen molar-refractivity contribution in [3.63, 3.8) is 0 Å². The number of nitrogens with one attached hydrogen (secondary N) is 1. The molecule has 3 heteroatoms. The maximum Gasteiger partial charge on any atom is 0.142 e. The van der Waals surface area contributed by atoms with Gasteiger partial charge in [0.15, 0.2) is 0 Å². The fourth-order valence-electron chi connectivity index (χ4n) is 1.15. The number of hydrogen-bond acceptors (Lipinski definition) is 2. The van der Waals surface area contributed by atoms with E-state index in [0.29, 0.717) is 6.29 Å². The minimum atomic E-state index is -0.438. The van der Waals surface area contributed by atoms with Crippen LogP contribution in [0.3, 0.4) is 0 Å². The van der Waals surface area contributed by atoms with E-state index >= 15 is 0 Å². The van der Waals surface area contributed by atoms with Crippen molar-refractivity contribution in [1.82, 2.24) is 4.98 Å². The van der Waals surface area contributed by atoms with Crippen LogP contribution in [-0.2, 0) is 4.79 Å². The second-order valence-electron chi connectivity index (χ2n) is 3.47. The smallest absolute Gasteiger partial charge is 0.142 e. The van der Waals surface area contributed by atoms with Gasteiger partial charge in [-0.25, -0.2) is 0 Å². The van der Waals surface area contributed by atoms with E-state index in [9.17, 15) is 4.79 Å². The second kappa shape index (κ2) is 11.7. The number of allylic oxidation sites excluding steroid dienone is 1. The van der Waals surface area contributed by atoms with Gasteiger partial charge in [0.1, 0.15) is 6.29 Å². The van der Waals surface area contributed by atoms with Gasteiger partial charge >= 0.3 is 0 Å². The van der Waals surface area contributed by atoms with Gasteiger partial charge in [0.2, 0.25) is 0 Å². The van der Waals surface area contributed by atoms with Crippen LogP contribution in [0.4, 0.5) is 0 Å². The molecule has 0 aliphatic rings. The number of aldehydes is 1. The molecule has 0 radical (unpaired) electrons. The van der Waals surface area contributed by atoms with Gasteiger partial charge in [-0.15, -0.1) is 0 Å². The largest absolute Gasteiger partial charge is 0.389 e. The predicted molar refractivity (Wildman–Crippen MR) is 66.1 cm³/mol. The molecule has 0 aromatic carbocycles. The molecule has 0 spiro atoms. The Labute approximate surface area is 97.2 Å². The summed E-state index contributed by atoms with van der Waals surface area (Å²) >= 11 is 0. The summed E-state index contributed by atoms with van der Waals surface area (Å²) in [6.45, 7) is 2.12. The van der Waals surface area contributed by atoms with E-state index in [2.05, 4.69) is 11.9 Å². The van der Waals surface area contributed by atoms with E-state index in [-0.39, 0.29) is 0 Å². The van der Waals surface area contributed by atoms with Crippen molar-refractivity contribution in [3.05, 3.63) is 36.7 Å². The van der Waals surface area contributed by atoms with Crippen molar-refractivity contribution in [2.45, 2.75) is 38.7 Å². The van der Waals surface area contributed by atoms with Crippen LogP contribution >= 0.6 is 0 Å². The molecule has 1 heterocycles. The molecule has 1 atom stereocenters. The number of aliphatic hydroxyl groups excluding tert-OH is 1. The average Bonchev–Trinajstić information content (AvgIpc) is 2.85. The molecule has 0 aliphatic heterocycles. The summed E-state index contributed by atoms with van der Waals surface area (Å²) in [6.07, 6.45) is 11.0. The Bertz CT molecular complexity index is 238. The van der Waals surface area contributed by atoms with Crippen LogP contribution in [-0.4, -0.2) is 22.5 Å². The first kappa shape index (κ1) is 14.6. The van der Waals surface area contributed by atoms with Gasteiger partial charge in [-0.1, -0.05) is 32.3 Å². The number of H-pyrrole nitrogens is 1. The summed E-state index contributed by atoms with van der Waals surface area (Å²) in [7, 11) is 0. The zero-order chi connectivity index (χ0) is 12.1. The Balaban J connectivity index is 0.000000368. The van der Waals surface area contributed by atoms with Crippen molar-refractivity contribution in [3.8, 4) is 0 Å². The average molecular weight is 223 g/mol. The summed E-state index contributed by atoms with van der Waals surface area (Å²) in [5.74, 6) is 0. The number of hydrogen-bond donors (Lipinski definition) is 2. The Kier molecular flexibility index (Phi) is 10.7. The van der Waals surface area contributed by atoms with Crippen molar-refractivity contribution >= 4 is 6.29 Å². The van der Waals surface area contributed by atoms with Crippen LogP contribution in [0.15, 0.2) is 36.7 Å². The zero-order valence-corrected chi connectivity index (χ0v) is 9.80. The van der Waals surface area contributed by atoms with Crippen LogP contribution in [0.1, 0.15) is 32.6 Å². The van der Waals surface area contributed by atoms with Crippen LogP contribution in [0.5, 0.6) is 0 Å². The highest BCUT2D eigenvalue weighted by atomic mass is 16.3. The summed E-state index contributed by atoms with van der Waals surface area (Å²) < 4.78 is 0. The summed E-state index contributed by atoms with van der Waals surface area (Å²) in [6, 6.07) is 3.89. The summed E-state index contributed by atoms with van der Waals surface area (Å²) in [5.41, 5.74) is 0. The highest BCUT2D eigenvalue weighted by Crippen LogP contribution is 2.03. The van der Waals surface area contributed by atoms with Gasteiger partial charge in [-0.3, -0.25) is 4.79 Å². The standard InChI is InChI=1S/C9H16O2.C4H5N/c1-2-3-4-6-9(11)7-5-8-10;1-2-4-5-3-1/h5,7-9,11H,2-4,6H2,1H3;1-5H. The third-order valence-corrected chi connectivity index (χ3v) is 2.01. The third-order valence-electron chi connectivity index (χ3n) is 2.01. The first-order chi connectivity index (χ1) is 7.81. The van der Waals surface area contributed by atoms with Crippen molar-refractivity contribution in [2.24, 2.45) is 0 Å². The highest BCUT2D eigenvalue weighted by molar-refractivity contribution is 5.64. The van der Waals surface area contributed by atoms with Crippen LogP contribution in [0.2, 0.25) is 0 Å². The molecule has 0 saturated heterocycles. The molecular formula is C13H21NO2. The van der Waals surface area contributed by atoms with Crippen LogP contribution < -0.4 is 0 Å². The van der Waals surface area contributed by atoms with E-state index in [4.69, 9.17) is 5.11 Å². The summed E-state index contributed by atoms with van der Waals surface area (Å²) in [5, 5.41) is 9.16. The molecule has 0 bridgehead atoms. The van der Waals surface area contributed by atoms with E-state index in [1.54, 1.807) is 0 Å². The Morgan fingerprint density at radius 3 is 2.44 bits per heavy atom. The summed E-state index contributed by atoms with van der Waals surface area (Å²) in [4.78, 5) is 12.7. The van der Waals surface area contributed by atoms with E-state index < -0.39 is 6.10 Å². The van der Waals surface area contributed by atoms with Gasteiger partial charge in [-0.2, -0.15) is 0 Å². The molecule has 2 N–H and O–H groups in total. The number of aromatic amines is 1. The minimum Gasteiger partial charge on any atom is -0.389 e. The monoisotopic (exact) mass is 223 g/mol.